The Morgan fingerprint density at radius 2 is 2.00 bits per heavy atom. The molecule has 0 amide bonds. The fraction of sp³-hybridized carbons (Fsp3) is 0.222. The van der Waals surface area contributed by atoms with E-state index < -0.39 is 5.92 Å². The Morgan fingerprint density at radius 3 is 2.68 bits per heavy atom. The summed E-state index contributed by atoms with van der Waals surface area (Å²) in [5.41, 5.74) is 11.6. The predicted molar refractivity (Wildman–Crippen MR) is 138 cm³/mol. The number of carbonyl (C=O) groups excluding carboxylic acids is 1. The summed E-state index contributed by atoms with van der Waals surface area (Å²) in [6.07, 6.45) is 6.53. The first-order valence-corrected chi connectivity index (χ1v) is 13.1. The fourth-order valence-corrected chi connectivity index (χ4v) is 6.97. The molecule has 0 unspecified atom stereocenters. The molecule has 7 heteroatoms. The van der Waals surface area contributed by atoms with E-state index in [1.165, 1.54) is 0 Å². The van der Waals surface area contributed by atoms with E-state index in [0.29, 0.717) is 29.8 Å². The van der Waals surface area contributed by atoms with E-state index in [9.17, 15) is 10.1 Å². The standard InChI is InChI=1S/C27H24N4OS2/c1-16-11-20(27(33-2)34-16)24-21(14-28)26(29)31(19-9-6-10-30-15-19)22-12-18(13-23(32)25(22)24)17-7-4-3-5-8-17/h3-11,15,18,24H,12-13,29H2,1-2H3/t18-,24-/m1/s1. The quantitative estimate of drug-likeness (QED) is 0.466. The number of thiophene rings is 1. The van der Waals surface area contributed by atoms with Crippen LogP contribution in [0.2, 0.25) is 0 Å². The third-order valence-electron chi connectivity index (χ3n) is 6.49. The van der Waals surface area contributed by atoms with Gasteiger partial charge in [-0.3, -0.25) is 14.7 Å². The molecule has 2 aromatic heterocycles. The Bertz CT molecular complexity index is 1350. The van der Waals surface area contributed by atoms with Crippen LogP contribution in [-0.4, -0.2) is 17.0 Å². The molecule has 170 valence electrons. The van der Waals surface area contributed by atoms with Crippen molar-refractivity contribution < 1.29 is 4.79 Å². The number of anilines is 1. The average molecular weight is 485 g/mol. The monoisotopic (exact) mass is 484 g/mol. The highest BCUT2D eigenvalue weighted by Crippen LogP contribution is 2.51. The number of benzene rings is 1. The van der Waals surface area contributed by atoms with Crippen LogP contribution in [0.1, 0.15) is 40.7 Å². The maximum atomic E-state index is 13.9. The van der Waals surface area contributed by atoms with Crippen LogP contribution in [-0.2, 0) is 4.79 Å². The molecular formula is C27H24N4OS2. The molecule has 0 radical (unpaired) electrons. The first-order chi connectivity index (χ1) is 16.5. The predicted octanol–water partition coefficient (Wildman–Crippen LogP) is 5.87. The SMILES string of the molecule is CSc1sc(C)cc1[C@@H]1C(C#N)=C(N)N(c2cccnc2)C2=C1C(=O)C[C@H](c1ccccc1)C2. The lowest BCUT2D eigenvalue weighted by Gasteiger charge is -2.41. The number of aryl methyl sites for hydroxylation is 1. The number of thioether (sulfide) groups is 1. The van der Waals surface area contributed by atoms with Gasteiger partial charge in [-0.05, 0) is 54.8 Å². The number of nitrogens with two attached hydrogens (primary N) is 1. The van der Waals surface area contributed by atoms with Crippen molar-refractivity contribution in [2.45, 2.75) is 35.8 Å². The summed E-state index contributed by atoms with van der Waals surface area (Å²) in [5.74, 6) is 0.0410. The molecule has 2 aliphatic rings. The van der Waals surface area contributed by atoms with E-state index in [0.717, 1.165) is 31.6 Å². The summed E-state index contributed by atoms with van der Waals surface area (Å²) in [5, 5.41) is 10.3. The number of aromatic nitrogens is 1. The molecule has 3 heterocycles. The summed E-state index contributed by atoms with van der Waals surface area (Å²) >= 11 is 3.34. The maximum absolute atomic E-state index is 13.9. The Morgan fingerprint density at radius 1 is 1.21 bits per heavy atom. The number of Topliss-reactive ketones (excluding diaryl/α,β-unsaturated/α-hetero) is 1. The molecule has 1 aliphatic heterocycles. The number of rotatable bonds is 4. The average Bonchev–Trinajstić information content (AvgIpc) is 3.24. The molecule has 2 atom stereocenters. The van der Waals surface area contributed by atoms with Crippen LogP contribution in [0.4, 0.5) is 5.69 Å². The summed E-state index contributed by atoms with van der Waals surface area (Å²) in [6, 6.07) is 18.4. The number of pyridine rings is 1. The first kappa shape index (κ1) is 22.5. The Kier molecular flexibility index (Phi) is 6.03. The molecule has 5 nitrogen and oxygen atoms in total. The van der Waals surface area contributed by atoms with Gasteiger partial charge in [0, 0.05) is 28.8 Å². The van der Waals surface area contributed by atoms with Gasteiger partial charge in [-0.15, -0.1) is 23.1 Å². The summed E-state index contributed by atoms with van der Waals surface area (Å²) in [4.78, 5) is 21.2. The number of hydrogen-bond donors (Lipinski definition) is 1. The molecule has 5 rings (SSSR count). The minimum atomic E-state index is -0.454. The summed E-state index contributed by atoms with van der Waals surface area (Å²) < 4.78 is 1.11. The van der Waals surface area contributed by atoms with Gasteiger partial charge in [-0.1, -0.05) is 30.3 Å². The molecule has 0 fully saturated rings. The van der Waals surface area contributed by atoms with E-state index in [1.54, 1.807) is 35.5 Å². The molecule has 3 aromatic rings. The molecule has 0 bridgehead atoms. The van der Waals surface area contributed by atoms with Gasteiger partial charge < -0.3 is 5.73 Å². The lowest BCUT2D eigenvalue weighted by molar-refractivity contribution is -0.116. The van der Waals surface area contributed by atoms with Gasteiger partial charge in [-0.2, -0.15) is 5.26 Å². The molecule has 2 N–H and O–H groups in total. The molecule has 34 heavy (non-hydrogen) atoms. The number of nitrogens with zero attached hydrogens (tertiary/aromatic N) is 3. The second-order valence-corrected chi connectivity index (χ2v) is 10.8. The second-order valence-electron chi connectivity index (χ2n) is 8.49. The Hall–Kier alpha value is -3.34. The van der Waals surface area contributed by atoms with E-state index in [2.05, 4.69) is 36.2 Å². The van der Waals surface area contributed by atoms with E-state index in [-0.39, 0.29) is 11.7 Å². The fourth-order valence-electron chi connectivity index (χ4n) is 5.06. The molecule has 0 spiro atoms. The third-order valence-corrected chi connectivity index (χ3v) is 8.70. The number of allylic oxidation sites excluding steroid dienone is 3. The van der Waals surface area contributed by atoms with Crippen molar-refractivity contribution in [2.75, 3.05) is 11.2 Å². The van der Waals surface area contributed by atoms with Crippen LogP contribution in [0.3, 0.4) is 0 Å². The zero-order chi connectivity index (χ0) is 23.8. The number of ketones is 1. The highest BCUT2D eigenvalue weighted by atomic mass is 32.2. The zero-order valence-electron chi connectivity index (χ0n) is 19.0. The van der Waals surface area contributed by atoms with Crippen LogP contribution in [0.25, 0.3) is 0 Å². The zero-order valence-corrected chi connectivity index (χ0v) is 20.6. The molecule has 1 aliphatic carbocycles. The summed E-state index contributed by atoms with van der Waals surface area (Å²) in [7, 11) is 0. The third kappa shape index (κ3) is 3.73. The van der Waals surface area contributed by atoms with Gasteiger partial charge in [0.05, 0.1) is 33.7 Å². The lowest BCUT2D eigenvalue weighted by atomic mass is 9.72. The molecule has 0 saturated heterocycles. The van der Waals surface area contributed by atoms with Gasteiger partial charge in [0.1, 0.15) is 5.82 Å². The van der Waals surface area contributed by atoms with Crippen LogP contribution >= 0.6 is 23.1 Å². The van der Waals surface area contributed by atoms with Crippen molar-refractivity contribution in [3.05, 3.63) is 99.6 Å². The van der Waals surface area contributed by atoms with Crippen molar-refractivity contribution in [2.24, 2.45) is 5.73 Å². The van der Waals surface area contributed by atoms with Gasteiger partial charge >= 0.3 is 0 Å². The van der Waals surface area contributed by atoms with Gasteiger partial charge in [0.2, 0.25) is 0 Å². The van der Waals surface area contributed by atoms with E-state index in [4.69, 9.17) is 5.73 Å². The van der Waals surface area contributed by atoms with Crippen molar-refractivity contribution in [3.8, 4) is 6.07 Å². The minimum Gasteiger partial charge on any atom is -0.384 e. The number of hydrogen-bond acceptors (Lipinski definition) is 7. The Labute approximate surface area is 207 Å². The first-order valence-electron chi connectivity index (χ1n) is 11.1. The Balaban J connectivity index is 1.74. The molecule has 0 saturated carbocycles. The smallest absolute Gasteiger partial charge is 0.162 e. The maximum Gasteiger partial charge on any atom is 0.162 e. The highest BCUT2D eigenvalue weighted by Gasteiger charge is 2.43. The van der Waals surface area contributed by atoms with Crippen LogP contribution in [0, 0.1) is 18.3 Å². The van der Waals surface area contributed by atoms with Crippen LogP contribution < -0.4 is 10.6 Å². The second kappa shape index (κ2) is 9.13. The minimum absolute atomic E-state index is 0.0490. The highest BCUT2D eigenvalue weighted by molar-refractivity contribution is 8.00. The molecular weight excluding hydrogens is 460 g/mol. The number of nitriles is 1. The normalized spacial score (nSPS) is 20.4. The summed E-state index contributed by atoms with van der Waals surface area (Å²) in [6.45, 7) is 2.06. The molecule has 1 aromatic carbocycles. The van der Waals surface area contributed by atoms with E-state index in [1.807, 2.05) is 41.5 Å². The van der Waals surface area contributed by atoms with Crippen LogP contribution in [0.5, 0.6) is 0 Å². The topological polar surface area (TPSA) is 83.0 Å². The van der Waals surface area contributed by atoms with Gasteiger partial charge in [0.25, 0.3) is 0 Å². The van der Waals surface area contributed by atoms with Gasteiger partial charge in [0.15, 0.2) is 5.78 Å². The van der Waals surface area contributed by atoms with Gasteiger partial charge in [-0.25, -0.2) is 0 Å². The van der Waals surface area contributed by atoms with E-state index >= 15 is 0 Å². The lowest BCUT2D eigenvalue weighted by Crippen LogP contribution is -2.40. The number of carbonyl (C=O) groups is 1. The van der Waals surface area contributed by atoms with Crippen molar-refractivity contribution in [3.63, 3.8) is 0 Å². The van der Waals surface area contributed by atoms with Crippen molar-refractivity contribution in [1.82, 2.24) is 4.98 Å². The largest absolute Gasteiger partial charge is 0.384 e. The van der Waals surface area contributed by atoms with Crippen molar-refractivity contribution in [1.29, 1.82) is 5.26 Å². The van der Waals surface area contributed by atoms with Crippen LogP contribution in [0.15, 0.2) is 87.8 Å². The van der Waals surface area contributed by atoms with Crippen molar-refractivity contribution >= 4 is 34.6 Å².